The van der Waals surface area contributed by atoms with Crippen molar-refractivity contribution in [2.24, 2.45) is 0 Å². The van der Waals surface area contributed by atoms with Gasteiger partial charge in [-0.25, -0.2) is 4.98 Å². The molecule has 2 aromatic rings. The van der Waals surface area contributed by atoms with Crippen LogP contribution >= 0.6 is 0 Å². The van der Waals surface area contributed by atoms with E-state index in [1.54, 1.807) is 0 Å². The van der Waals surface area contributed by atoms with Crippen molar-refractivity contribution in [3.05, 3.63) is 35.8 Å². The van der Waals surface area contributed by atoms with Gasteiger partial charge in [0.1, 0.15) is 17.4 Å². The van der Waals surface area contributed by atoms with E-state index in [1.165, 1.54) is 0 Å². The van der Waals surface area contributed by atoms with Gasteiger partial charge in [-0.3, -0.25) is 5.41 Å². The third-order valence-corrected chi connectivity index (χ3v) is 4.17. The second-order valence-corrected chi connectivity index (χ2v) is 6.01. The molecule has 0 radical (unpaired) electrons. The summed E-state index contributed by atoms with van der Waals surface area (Å²) in [5.41, 5.74) is 2.24. The number of imidazole rings is 1. The molecule has 1 aromatic heterocycles. The van der Waals surface area contributed by atoms with Gasteiger partial charge >= 0.3 is 0 Å². The van der Waals surface area contributed by atoms with E-state index in [4.69, 9.17) is 10.1 Å². The van der Waals surface area contributed by atoms with Crippen molar-refractivity contribution < 1.29 is 9.84 Å². The molecular formula is C18H24N4O2. The molecule has 3 N–H and O–H groups in total. The number of nitrogens with zero attached hydrogens (tertiary/aromatic N) is 2. The molecule has 3 rings (SSSR count). The third-order valence-electron chi connectivity index (χ3n) is 4.17. The summed E-state index contributed by atoms with van der Waals surface area (Å²) in [4.78, 5) is 9.54. The van der Waals surface area contributed by atoms with Gasteiger partial charge in [-0.2, -0.15) is 0 Å². The van der Waals surface area contributed by atoms with Crippen molar-refractivity contribution in [1.29, 1.82) is 5.41 Å². The van der Waals surface area contributed by atoms with E-state index in [0.717, 1.165) is 36.9 Å². The van der Waals surface area contributed by atoms with Crippen LogP contribution in [0.5, 0.6) is 0 Å². The molecule has 1 aliphatic heterocycles. The fraction of sp³-hybridized carbons (Fsp3) is 0.444. The lowest BCUT2D eigenvalue weighted by Gasteiger charge is -2.18. The first kappa shape index (κ1) is 16.5. The third kappa shape index (κ3) is 3.43. The number of nitrogens with one attached hydrogen (secondary N) is 2. The average Bonchev–Trinajstić information content (AvgIpc) is 3.11. The van der Waals surface area contributed by atoms with Crippen LogP contribution < -0.4 is 0 Å². The first-order valence-corrected chi connectivity index (χ1v) is 8.49. The molecule has 1 aliphatic rings. The number of benzene rings is 1. The Kier molecular flexibility index (Phi) is 5.15. The summed E-state index contributed by atoms with van der Waals surface area (Å²) in [7, 11) is 0. The topological polar surface area (TPSA) is 85.2 Å². The van der Waals surface area contributed by atoms with Crippen LogP contribution in [0.3, 0.4) is 0 Å². The van der Waals surface area contributed by atoms with E-state index >= 15 is 0 Å². The predicted octanol–water partition coefficient (Wildman–Crippen LogP) is 3.33. The maximum Gasteiger partial charge on any atom is 0.145 e. The summed E-state index contributed by atoms with van der Waals surface area (Å²) in [5.74, 6) is 1.08. The molecule has 0 aliphatic carbocycles. The van der Waals surface area contributed by atoms with Crippen LogP contribution in [-0.4, -0.2) is 52.1 Å². The molecule has 1 aromatic carbocycles. The molecule has 0 spiro atoms. The number of aromatic amines is 1. The number of aliphatic hydroxyl groups excluding tert-OH is 1. The lowest BCUT2D eigenvalue weighted by atomic mass is 10.2. The van der Waals surface area contributed by atoms with Crippen LogP contribution in [0.25, 0.3) is 16.6 Å². The van der Waals surface area contributed by atoms with Gasteiger partial charge in [0.25, 0.3) is 0 Å². The predicted molar refractivity (Wildman–Crippen MR) is 95.3 cm³/mol. The van der Waals surface area contributed by atoms with Crippen molar-refractivity contribution in [3.63, 3.8) is 0 Å². The number of hydrogen-bond donors (Lipinski definition) is 3. The van der Waals surface area contributed by atoms with Crippen molar-refractivity contribution in [2.75, 3.05) is 26.3 Å². The molecule has 0 amide bonds. The first-order chi connectivity index (χ1) is 11.7. The van der Waals surface area contributed by atoms with Crippen molar-refractivity contribution in [1.82, 2.24) is 14.9 Å². The van der Waals surface area contributed by atoms with Gasteiger partial charge in [-0.15, -0.1) is 0 Å². The van der Waals surface area contributed by atoms with Gasteiger partial charge < -0.3 is 19.7 Å². The second kappa shape index (κ2) is 7.49. The van der Waals surface area contributed by atoms with E-state index in [-0.39, 0.29) is 5.76 Å². The average molecular weight is 328 g/mol. The Hall–Kier alpha value is -2.34. The van der Waals surface area contributed by atoms with E-state index in [1.807, 2.05) is 29.2 Å². The Labute approximate surface area is 141 Å². The fourth-order valence-electron chi connectivity index (χ4n) is 2.85. The highest BCUT2D eigenvalue weighted by Gasteiger charge is 2.29. The number of aromatic nitrogens is 2. The zero-order valence-corrected chi connectivity index (χ0v) is 14.0. The normalized spacial score (nSPS) is 15.0. The quantitative estimate of drug-likeness (QED) is 0.649. The second-order valence-electron chi connectivity index (χ2n) is 6.01. The Morgan fingerprint density at radius 1 is 1.29 bits per heavy atom. The molecule has 0 fully saturated rings. The molecule has 0 atom stereocenters. The summed E-state index contributed by atoms with van der Waals surface area (Å²) < 4.78 is 5.56. The van der Waals surface area contributed by atoms with Crippen LogP contribution in [0.4, 0.5) is 0 Å². The number of ether oxygens (including phenoxy) is 1. The van der Waals surface area contributed by atoms with E-state index in [2.05, 4.69) is 16.9 Å². The number of para-hydroxylation sites is 2. The van der Waals surface area contributed by atoms with E-state index < -0.39 is 0 Å². The highest BCUT2D eigenvalue weighted by Crippen LogP contribution is 2.27. The largest absolute Gasteiger partial charge is 0.510 e. The van der Waals surface area contributed by atoms with Crippen molar-refractivity contribution in [2.45, 2.75) is 26.2 Å². The smallest absolute Gasteiger partial charge is 0.145 e. The summed E-state index contributed by atoms with van der Waals surface area (Å²) in [5, 5.41) is 18.6. The number of aliphatic hydroxyl groups is 1. The molecule has 0 unspecified atom stereocenters. The van der Waals surface area contributed by atoms with Gasteiger partial charge in [0.05, 0.1) is 23.2 Å². The summed E-state index contributed by atoms with van der Waals surface area (Å²) in [6.45, 7) is 4.67. The summed E-state index contributed by atoms with van der Waals surface area (Å²) in [6, 6.07) is 7.71. The van der Waals surface area contributed by atoms with Crippen molar-refractivity contribution in [3.8, 4) is 0 Å². The molecule has 2 heterocycles. The zero-order valence-electron chi connectivity index (χ0n) is 14.0. The minimum Gasteiger partial charge on any atom is -0.510 e. The number of H-pyrrole nitrogens is 1. The lowest BCUT2D eigenvalue weighted by Crippen LogP contribution is -2.28. The van der Waals surface area contributed by atoms with Crippen LogP contribution in [0, 0.1) is 5.41 Å². The van der Waals surface area contributed by atoms with Gasteiger partial charge in [-0.05, 0) is 25.0 Å². The minimum absolute atomic E-state index is 0.200. The van der Waals surface area contributed by atoms with Gasteiger partial charge in [0.2, 0.25) is 0 Å². The number of hydrogen-bond acceptors (Lipinski definition) is 4. The SMILES string of the molecule is CCCCOCCCN1CC(O)=C(c2nc3ccccc3[nH]2)C1=N. The van der Waals surface area contributed by atoms with Gasteiger partial charge in [-0.1, -0.05) is 25.5 Å². The fourth-order valence-corrected chi connectivity index (χ4v) is 2.85. The molecule has 6 nitrogen and oxygen atoms in total. The van der Waals surface area contributed by atoms with Crippen LogP contribution in [-0.2, 0) is 4.74 Å². The highest BCUT2D eigenvalue weighted by atomic mass is 16.5. The Morgan fingerprint density at radius 3 is 2.88 bits per heavy atom. The summed E-state index contributed by atoms with van der Waals surface area (Å²) in [6.07, 6.45) is 3.06. The molecule has 6 heteroatoms. The monoisotopic (exact) mass is 328 g/mol. The van der Waals surface area contributed by atoms with Gasteiger partial charge in [0.15, 0.2) is 0 Å². The Morgan fingerprint density at radius 2 is 2.08 bits per heavy atom. The van der Waals surface area contributed by atoms with Crippen molar-refractivity contribution >= 4 is 22.4 Å². The first-order valence-electron chi connectivity index (χ1n) is 8.49. The van der Waals surface area contributed by atoms with Gasteiger partial charge in [0, 0.05) is 19.8 Å². The number of fused-ring (bicyclic) bond motifs is 1. The van der Waals surface area contributed by atoms with Crippen LogP contribution in [0.1, 0.15) is 32.0 Å². The maximum absolute atomic E-state index is 10.3. The van der Waals surface area contributed by atoms with E-state index in [9.17, 15) is 5.11 Å². The zero-order chi connectivity index (χ0) is 16.9. The standard InChI is InChI=1S/C18H24N4O2/c1-2-3-10-24-11-6-9-22-12-15(23)16(17(22)19)18-20-13-7-4-5-8-14(13)21-18/h4-5,7-8,19,23H,2-3,6,9-12H2,1H3,(H,20,21). The van der Waals surface area contributed by atoms with Crippen LogP contribution in [0.15, 0.2) is 30.0 Å². The highest BCUT2D eigenvalue weighted by molar-refractivity contribution is 6.23. The van der Waals surface area contributed by atoms with Crippen LogP contribution in [0.2, 0.25) is 0 Å². The lowest BCUT2D eigenvalue weighted by molar-refractivity contribution is 0.124. The minimum atomic E-state index is 0.200. The molecular weight excluding hydrogens is 304 g/mol. The molecule has 24 heavy (non-hydrogen) atoms. The molecule has 0 saturated carbocycles. The molecule has 0 saturated heterocycles. The number of amidine groups is 1. The maximum atomic E-state index is 10.3. The number of unbranched alkanes of at least 4 members (excludes halogenated alkanes) is 1. The summed E-state index contributed by atoms with van der Waals surface area (Å²) >= 11 is 0. The van der Waals surface area contributed by atoms with E-state index in [0.29, 0.717) is 36.9 Å². The molecule has 128 valence electrons. The Balaban J connectivity index is 1.61. The molecule has 0 bridgehead atoms. The number of rotatable bonds is 8. The Bertz CT molecular complexity index is 717.